The van der Waals surface area contributed by atoms with Crippen molar-refractivity contribution in [2.75, 3.05) is 0 Å². The number of hydrogen-bond acceptors (Lipinski definition) is 3. The predicted molar refractivity (Wildman–Crippen MR) is 119 cm³/mol. The van der Waals surface area contributed by atoms with Gasteiger partial charge in [-0.15, -0.1) is 6.42 Å². The minimum Gasteiger partial charge on any atom is -0.299 e. The molecule has 162 valence electrons. The number of pyridine rings is 2. The molecule has 2 fully saturated rings. The molecule has 2 heterocycles. The Labute approximate surface area is 186 Å². The molecule has 2 saturated carbocycles. The first-order valence-electron chi connectivity index (χ1n) is 11.1. The summed E-state index contributed by atoms with van der Waals surface area (Å²) >= 11 is 0. The van der Waals surface area contributed by atoms with Crippen molar-refractivity contribution in [3.8, 4) is 12.3 Å². The molecular weight excluding hydrogens is 406 g/mol. The standard InChI is InChI=1S/C27H24F2N2O/c1-2-22-5-3-17(16-31-22)9-23(32)15-27(29)13-19-10-18(11-20(19)14-27)24-7-8-30-26-6-4-21(28)12-25(24)26/h1,3-8,12,16,18-20H,9-11,13-15H2/t18?,19-,20+,27?. The predicted octanol–water partition coefficient (Wildman–Crippen LogP) is 5.56. The van der Waals surface area contributed by atoms with E-state index in [1.807, 2.05) is 6.07 Å². The van der Waals surface area contributed by atoms with Crippen LogP contribution in [-0.4, -0.2) is 21.4 Å². The van der Waals surface area contributed by atoms with Crippen LogP contribution < -0.4 is 0 Å². The number of carbonyl (C=O) groups excluding carboxylic acids is 1. The van der Waals surface area contributed by atoms with E-state index in [4.69, 9.17) is 6.42 Å². The highest BCUT2D eigenvalue weighted by molar-refractivity contribution is 5.83. The molecule has 1 aromatic carbocycles. The monoisotopic (exact) mass is 430 g/mol. The van der Waals surface area contributed by atoms with Gasteiger partial charge in [0.05, 0.1) is 5.52 Å². The number of halogens is 2. The Hall–Kier alpha value is -3.13. The number of alkyl halides is 1. The molecule has 0 spiro atoms. The van der Waals surface area contributed by atoms with Gasteiger partial charge in [0.25, 0.3) is 0 Å². The lowest BCUT2D eigenvalue weighted by Gasteiger charge is -2.22. The Morgan fingerprint density at radius 2 is 1.91 bits per heavy atom. The molecule has 2 aromatic heterocycles. The average molecular weight is 430 g/mol. The summed E-state index contributed by atoms with van der Waals surface area (Å²) in [4.78, 5) is 21.0. The van der Waals surface area contributed by atoms with E-state index in [1.165, 1.54) is 6.07 Å². The lowest BCUT2D eigenvalue weighted by atomic mass is 9.87. The normalized spacial score (nSPS) is 26.7. The maximum atomic E-state index is 15.6. The number of ketones is 1. The van der Waals surface area contributed by atoms with Crippen LogP contribution in [0.3, 0.4) is 0 Å². The van der Waals surface area contributed by atoms with Crippen molar-refractivity contribution in [3.63, 3.8) is 0 Å². The van der Waals surface area contributed by atoms with Gasteiger partial charge >= 0.3 is 0 Å². The number of nitrogens with zero attached hydrogens (tertiary/aromatic N) is 2. The van der Waals surface area contributed by atoms with Gasteiger partial charge in [0, 0.05) is 30.6 Å². The molecule has 5 rings (SSSR count). The Balaban J connectivity index is 1.24. The van der Waals surface area contributed by atoms with Gasteiger partial charge in [0.2, 0.25) is 0 Å². The minimum absolute atomic E-state index is 0.0506. The van der Waals surface area contributed by atoms with E-state index in [1.54, 1.807) is 36.7 Å². The second-order valence-electron chi connectivity index (χ2n) is 9.40. The average Bonchev–Trinajstić information content (AvgIpc) is 3.28. The van der Waals surface area contributed by atoms with Crippen LogP contribution in [-0.2, 0) is 11.2 Å². The Morgan fingerprint density at radius 1 is 1.12 bits per heavy atom. The second-order valence-corrected chi connectivity index (χ2v) is 9.40. The van der Waals surface area contributed by atoms with Crippen molar-refractivity contribution in [2.24, 2.45) is 11.8 Å². The van der Waals surface area contributed by atoms with Crippen LogP contribution in [0.1, 0.15) is 54.8 Å². The molecule has 3 nitrogen and oxygen atoms in total. The van der Waals surface area contributed by atoms with Crippen molar-refractivity contribution in [1.82, 2.24) is 9.97 Å². The molecule has 0 saturated heterocycles. The Kier molecular flexibility index (Phi) is 5.25. The van der Waals surface area contributed by atoms with E-state index in [0.29, 0.717) is 18.5 Å². The van der Waals surface area contributed by atoms with E-state index in [9.17, 15) is 9.18 Å². The van der Waals surface area contributed by atoms with Gasteiger partial charge < -0.3 is 0 Å². The maximum Gasteiger partial charge on any atom is 0.140 e. The molecule has 3 aromatic rings. The van der Waals surface area contributed by atoms with Crippen LogP contribution >= 0.6 is 0 Å². The van der Waals surface area contributed by atoms with Crippen LogP contribution in [0, 0.1) is 30.0 Å². The van der Waals surface area contributed by atoms with Crippen LogP contribution in [0.5, 0.6) is 0 Å². The van der Waals surface area contributed by atoms with Crippen LogP contribution in [0.25, 0.3) is 10.9 Å². The topological polar surface area (TPSA) is 42.9 Å². The third-order valence-electron chi connectivity index (χ3n) is 7.16. The number of hydrogen-bond donors (Lipinski definition) is 0. The number of aromatic nitrogens is 2. The van der Waals surface area contributed by atoms with Crippen molar-refractivity contribution in [2.45, 2.75) is 50.1 Å². The Bertz CT molecular complexity index is 1200. The largest absolute Gasteiger partial charge is 0.299 e. The van der Waals surface area contributed by atoms with E-state index < -0.39 is 5.67 Å². The number of rotatable bonds is 5. The highest BCUT2D eigenvalue weighted by Gasteiger charge is 2.50. The molecule has 2 aliphatic rings. The molecule has 5 heteroatoms. The molecule has 0 N–H and O–H groups in total. The van der Waals surface area contributed by atoms with Crippen molar-refractivity contribution in [1.29, 1.82) is 0 Å². The summed E-state index contributed by atoms with van der Waals surface area (Å²) in [6.07, 6.45) is 11.4. The fourth-order valence-electron chi connectivity index (χ4n) is 5.89. The lowest BCUT2D eigenvalue weighted by Crippen LogP contribution is -2.25. The zero-order chi connectivity index (χ0) is 22.3. The minimum atomic E-state index is -1.43. The molecule has 0 bridgehead atoms. The summed E-state index contributed by atoms with van der Waals surface area (Å²) in [6, 6.07) is 10.1. The zero-order valence-electron chi connectivity index (χ0n) is 17.7. The molecule has 32 heavy (non-hydrogen) atoms. The van der Waals surface area contributed by atoms with E-state index in [2.05, 4.69) is 15.9 Å². The van der Waals surface area contributed by atoms with Crippen LogP contribution in [0.2, 0.25) is 0 Å². The van der Waals surface area contributed by atoms with Gasteiger partial charge in [0.15, 0.2) is 0 Å². The number of fused-ring (bicyclic) bond motifs is 2. The van der Waals surface area contributed by atoms with Crippen LogP contribution in [0.4, 0.5) is 8.78 Å². The second kappa shape index (κ2) is 8.09. The third-order valence-corrected chi connectivity index (χ3v) is 7.16. The first kappa shape index (κ1) is 20.8. The fourth-order valence-corrected chi connectivity index (χ4v) is 5.89. The molecule has 0 aliphatic heterocycles. The summed E-state index contributed by atoms with van der Waals surface area (Å²) in [5.41, 5.74) is 1.73. The number of benzene rings is 1. The van der Waals surface area contributed by atoms with Gasteiger partial charge in [-0.1, -0.05) is 12.0 Å². The molecule has 4 atom stereocenters. The number of Topliss-reactive ketones (excluding diaryl/α,β-unsaturated/α-hetero) is 1. The molecule has 2 unspecified atom stereocenters. The third kappa shape index (κ3) is 4.02. The first-order chi connectivity index (χ1) is 15.4. The van der Waals surface area contributed by atoms with Crippen molar-refractivity contribution < 1.29 is 13.6 Å². The summed E-state index contributed by atoms with van der Waals surface area (Å²) < 4.78 is 29.4. The summed E-state index contributed by atoms with van der Waals surface area (Å²) in [7, 11) is 0. The van der Waals surface area contributed by atoms with Gasteiger partial charge in [-0.05, 0) is 84.9 Å². The summed E-state index contributed by atoms with van der Waals surface area (Å²) in [5, 5.41) is 0.851. The van der Waals surface area contributed by atoms with Crippen molar-refractivity contribution >= 4 is 16.7 Å². The van der Waals surface area contributed by atoms with Crippen molar-refractivity contribution in [3.05, 3.63) is 71.4 Å². The molecule has 0 amide bonds. The summed E-state index contributed by atoms with van der Waals surface area (Å²) in [6.45, 7) is 0. The van der Waals surface area contributed by atoms with E-state index >= 15 is 4.39 Å². The maximum absolute atomic E-state index is 15.6. The zero-order valence-corrected chi connectivity index (χ0v) is 17.7. The van der Waals surface area contributed by atoms with Crippen LogP contribution in [0.15, 0.2) is 48.8 Å². The van der Waals surface area contributed by atoms with Gasteiger partial charge in [-0.2, -0.15) is 0 Å². The van der Waals surface area contributed by atoms with Gasteiger partial charge in [-0.3, -0.25) is 9.78 Å². The smallest absolute Gasteiger partial charge is 0.140 e. The highest BCUT2D eigenvalue weighted by Crippen LogP contribution is 2.56. The van der Waals surface area contributed by atoms with Gasteiger partial charge in [0.1, 0.15) is 23.0 Å². The lowest BCUT2D eigenvalue weighted by molar-refractivity contribution is -0.121. The molecule has 2 aliphatic carbocycles. The fraction of sp³-hybridized carbons (Fsp3) is 0.370. The number of carbonyl (C=O) groups is 1. The SMILES string of the molecule is C#Cc1ccc(CC(=O)CC2(F)C[C@H]3CC(c4ccnc5ccc(F)cc45)C[C@H]3C2)cn1. The molecule has 0 radical (unpaired) electrons. The Morgan fingerprint density at radius 3 is 2.59 bits per heavy atom. The van der Waals surface area contributed by atoms with E-state index in [-0.39, 0.29) is 42.2 Å². The van der Waals surface area contributed by atoms with Gasteiger partial charge in [-0.25, -0.2) is 13.8 Å². The highest BCUT2D eigenvalue weighted by atomic mass is 19.1. The summed E-state index contributed by atoms with van der Waals surface area (Å²) in [5.74, 6) is 2.86. The molecular formula is C27H24F2N2O. The number of terminal acetylenes is 1. The quantitative estimate of drug-likeness (QED) is 0.498. The first-order valence-corrected chi connectivity index (χ1v) is 11.1. The van der Waals surface area contributed by atoms with E-state index in [0.717, 1.165) is 34.9 Å².